The van der Waals surface area contributed by atoms with Crippen LogP contribution in [0.3, 0.4) is 0 Å². The minimum absolute atomic E-state index is 0.0281. The molecule has 0 atom stereocenters. The molecule has 0 aliphatic carbocycles. The van der Waals surface area contributed by atoms with E-state index in [-0.39, 0.29) is 33.6 Å². The third-order valence-electron chi connectivity index (χ3n) is 4.17. The minimum atomic E-state index is -3.78. The van der Waals surface area contributed by atoms with Crippen molar-refractivity contribution in [2.75, 3.05) is 31.1 Å². The zero-order valence-electron chi connectivity index (χ0n) is 13.5. The summed E-state index contributed by atoms with van der Waals surface area (Å²) in [4.78, 5) is 1.84. The fraction of sp³-hybridized carbons (Fsp3) is 0.235. The lowest BCUT2D eigenvalue weighted by Crippen LogP contribution is -2.48. The van der Waals surface area contributed by atoms with Crippen molar-refractivity contribution in [3.05, 3.63) is 57.8 Å². The molecule has 0 amide bonds. The molecule has 3 rings (SSSR count). The minimum Gasteiger partial charge on any atom is -0.368 e. The van der Waals surface area contributed by atoms with E-state index in [2.05, 4.69) is 0 Å². The monoisotopic (exact) mass is 413 g/mol. The van der Waals surface area contributed by atoms with Crippen molar-refractivity contribution in [1.29, 1.82) is 5.26 Å². The number of benzene rings is 2. The highest BCUT2D eigenvalue weighted by Crippen LogP contribution is 2.29. The summed E-state index contributed by atoms with van der Waals surface area (Å²) in [6.07, 6.45) is 0. The molecule has 0 bridgehead atoms. The average Bonchev–Trinajstić information content (AvgIpc) is 2.63. The first kappa shape index (κ1) is 18.9. The van der Waals surface area contributed by atoms with E-state index in [1.54, 1.807) is 0 Å². The molecular formula is C17H14Cl2FN3O2S. The SMILES string of the molecule is N#Cc1cc(F)ccc1N1CCN(S(=O)(=O)c2cc(Cl)ccc2Cl)CC1. The van der Waals surface area contributed by atoms with Gasteiger partial charge in [0.15, 0.2) is 0 Å². The van der Waals surface area contributed by atoms with Crippen LogP contribution in [0.4, 0.5) is 10.1 Å². The van der Waals surface area contributed by atoms with E-state index in [4.69, 9.17) is 23.2 Å². The molecule has 136 valence electrons. The van der Waals surface area contributed by atoms with Gasteiger partial charge in [0.25, 0.3) is 0 Å². The number of piperazine rings is 1. The fourth-order valence-electron chi connectivity index (χ4n) is 2.86. The van der Waals surface area contributed by atoms with Crippen LogP contribution in [-0.2, 0) is 10.0 Å². The Labute approximate surface area is 161 Å². The molecule has 0 saturated carbocycles. The first-order chi connectivity index (χ1) is 12.3. The lowest BCUT2D eigenvalue weighted by Gasteiger charge is -2.35. The van der Waals surface area contributed by atoms with Crippen LogP contribution >= 0.6 is 23.2 Å². The molecule has 1 heterocycles. The van der Waals surface area contributed by atoms with Gasteiger partial charge >= 0.3 is 0 Å². The van der Waals surface area contributed by atoms with Crippen LogP contribution < -0.4 is 4.90 Å². The maximum absolute atomic E-state index is 13.3. The van der Waals surface area contributed by atoms with Gasteiger partial charge in [-0.25, -0.2) is 12.8 Å². The molecule has 26 heavy (non-hydrogen) atoms. The zero-order chi connectivity index (χ0) is 18.9. The van der Waals surface area contributed by atoms with Crippen molar-refractivity contribution < 1.29 is 12.8 Å². The van der Waals surface area contributed by atoms with Gasteiger partial charge in [0.2, 0.25) is 10.0 Å². The van der Waals surface area contributed by atoms with Gasteiger partial charge in [-0.2, -0.15) is 9.57 Å². The van der Waals surface area contributed by atoms with E-state index in [1.807, 2.05) is 11.0 Å². The second-order valence-corrected chi connectivity index (χ2v) is 8.49. The van der Waals surface area contributed by atoms with E-state index in [0.29, 0.717) is 18.8 Å². The van der Waals surface area contributed by atoms with Gasteiger partial charge in [-0.3, -0.25) is 0 Å². The van der Waals surface area contributed by atoms with Gasteiger partial charge < -0.3 is 4.90 Å². The predicted molar refractivity (Wildman–Crippen MR) is 98.5 cm³/mol. The lowest BCUT2D eigenvalue weighted by atomic mass is 10.1. The molecule has 1 fully saturated rings. The number of anilines is 1. The molecule has 1 aliphatic heterocycles. The van der Waals surface area contributed by atoms with Gasteiger partial charge in [0.1, 0.15) is 16.8 Å². The van der Waals surface area contributed by atoms with Crippen LogP contribution in [0.1, 0.15) is 5.56 Å². The predicted octanol–water partition coefficient (Wildman–Crippen LogP) is 3.52. The van der Waals surface area contributed by atoms with Crippen molar-refractivity contribution in [2.24, 2.45) is 0 Å². The maximum Gasteiger partial charge on any atom is 0.244 e. The smallest absolute Gasteiger partial charge is 0.244 e. The Bertz CT molecular complexity index is 984. The Morgan fingerprint density at radius 3 is 2.38 bits per heavy atom. The number of halogens is 3. The third kappa shape index (κ3) is 3.64. The van der Waals surface area contributed by atoms with Crippen LogP contribution in [-0.4, -0.2) is 38.9 Å². The molecule has 9 heteroatoms. The van der Waals surface area contributed by atoms with E-state index in [0.717, 1.165) is 0 Å². The van der Waals surface area contributed by atoms with E-state index in [9.17, 15) is 18.1 Å². The number of nitriles is 1. The van der Waals surface area contributed by atoms with E-state index < -0.39 is 15.8 Å². The molecule has 0 unspecified atom stereocenters. The Morgan fingerprint density at radius 1 is 1.04 bits per heavy atom. The highest BCUT2D eigenvalue weighted by Gasteiger charge is 2.31. The summed E-state index contributed by atoms with van der Waals surface area (Å²) in [6, 6.07) is 10.3. The topological polar surface area (TPSA) is 64.4 Å². The zero-order valence-corrected chi connectivity index (χ0v) is 15.8. The highest BCUT2D eigenvalue weighted by molar-refractivity contribution is 7.89. The van der Waals surface area contributed by atoms with Gasteiger partial charge in [-0.05, 0) is 36.4 Å². The Hall–Kier alpha value is -1.85. The highest BCUT2D eigenvalue weighted by atomic mass is 35.5. The largest absolute Gasteiger partial charge is 0.368 e. The van der Waals surface area contributed by atoms with E-state index >= 15 is 0 Å². The maximum atomic E-state index is 13.3. The standard InChI is InChI=1S/C17H14Cl2FN3O2S/c18-13-1-3-15(19)17(10-13)26(24,25)23-7-5-22(6-8-23)16-4-2-14(20)9-12(16)11-21/h1-4,9-10H,5-8H2. The first-order valence-corrected chi connectivity index (χ1v) is 9.92. The molecule has 0 N–H and O–H groups in total. The summed E-state index contributed by atoms with van der Waals surface area (Å²) in [5.41, 5.74) is 0.811. The Kier molecular flexibility index (Phi) is 5.39. The number of rotatable bonds is 3. The molecule has 2 aromatic carbocycles. The molecular weight excluding hydrogens is 400 g/mol. The fourth-order valence-corrected chi connectivity index (χ4v) is 5.02. The number of hydrogen-bond acceptors (Lipinski definition) is 4. The Balaban J connectivity index is 1.80. The molecule has 0 aromatic heterocycles. The Morgan fingerprint density at radius 2 is 1.73 bits per heavy atom. The van der Waals surface area contributed by atoms with Crippen molar-refractivity contribution in [3.63, 3.8) is 0 Å². The van der Waals surface area contributed by atoms with Gasteiger partial charge in [0, 0.05) is 31.2 Å². The number of hydrogen-bond donors (Lipinski definition) is 0. The molecule has 0 radical (unpaired) electrons. The summed E-state index contributed by atoms with van der Waals surface area (Å²) in [5, 5.41) is 9.58. The lowest BCUT2D eigenvalue weighted by molar-refractivity contribution is 0.385. The van der Waals surface area contributed by atoms with Crippen molar-refractivity contribution >= 4 is 38.9 Å². The summed E-state index contributed by atoms with van der Waals surface area (Å²) in [5.74, 6) is -0.484. The molecule has 0 spiro atoms. The van der Waals surface area contributed by atoms with E-state index in [1.165, 1.54) is 40.7 Å². The summed E-state index contributed by atoms with van der Waals surface area (Å²) in [6.45, 7) is 1.18. The number of sulfonamides is 1. The van der Waals surface area contributed by atoms with Crippen molar-refractivity contribution in [2.45, 2.75) is 4.90 Å². The van der Waals surface area contributed by atoms with Gasteiger partial charge in [0.05, 0.1) is 16.3 Å². The quantitative estimate of drug-likeness (QED) is 0.771. The van der Waals surface area contributed by atoms with Crippen LogP contribution in [0.25, 0.3) is 0 Å². The van der Waals surface area contributed by atoms with Crippen LogP contribution in [0.15, 0.2) is 41.3 Å². The van der Waals surface area contributed by atoms with Crippen LogP contribution in [0.2, 0.25) is 10.0 Å². The molecule has 5 nitrogen and oxygen atoms in total. The molecule has 1 saturated heterocycles. The second-order valence-electron chi connectivity index (χ2n) is 5.74. The summed E-state index contributed by atoms with van der Waals surface area (Å²) in [7, 11) is -3.78. The third-order valence-corrected chi connectivity index (χ3v) is 6.78. The summed E-state index contributed by atoms with van der Waals surface area (Å²) >= 11 is 11.9. The molecule has 2 aromatic rings. The normalized spacial score (nSPS) is 15.7. The van der Waals surface area contributed by atoms with Gasteiger partial charge in [-0.15, -0.1) is 0 Å². The van der Waals surface area contributed by atoms with Crippen LogP contribution in [0.5, 0.6) is 0 Å². The molecule has 1 aliphatic rings. The van der Waals surface area contributed by atoms with Crippen molar-refractivity contribution in [3.8, 4) is 6.07 Å². The first-order valence-electron chi connectivity index (χ1n) is 7.73. The summed E-state index contributed by atoms with van der Waals surface area (Å²) < 4.78 is 40.3. The average molecular weight is 414 g/mol. The van der Waals surface area contributed by atoms with Crippen LogP contribution in [0, 0.1) is 17.1 Å². The second kappa shape index (κ2) is 7.41. The van der Waals surface area contributed by atoms with Crippen molar-refractivity contribution in [1.82, 2.24) is 4.31 Å². The number of nitrogens with zero attached hydrogens (tertiary/aromatic N) is 3. The van der Waals surface area contributed by atoms with Gasteiger partial charge in [-0.1, -0.05) is 23.2 Å².